The summed E-state index contributed by atoms with van der Waals surface area (Å²) in [6, 6.07) is 8.67. The zero-order chi connectivity index (χ0) is 12.1. The van der Waals surface area contributed by atoms with Crippen LogP contribution in [-0.2, 0) is 4.74 Å². The molecular formula is C13H18N2OS. The van der Waals surface area contributed by atoms with Gasteiger partial charge in [0.1, 0.15) is 0 Å². The lowest BCUT2D eigenvalue weighted by atomic mass is 10.2. The number of amidine groups is 1. The molecule has 2 rings (SSSR count). The molecule has 0 saturated heterocycles. The molecule has 1 unspecified atom stereocenters. The summed E-state index contributed by atoms with van der Waals surface area (Å²) in [5, 5.41) is 4.42. The van der Waals surface area contributed by atoms with Crippen LogP contribution in [0.4, 0.5) is 5.69 Å². The lowest BCUT2D eigenvalue weighted by molar-refractivity contribution is 0.190. The van der Waals surface area contributed by atoms with Gasteiger partial charge >= 0.3 is 0 Å². The van der Waals surface area contributed by atoms with Crippen LogP contribution in [0, 0.1) is 6.92 Å². The molecule has 3 nitrogen and oxygen atoms in total. The minimum Gasteiger partial charge on any atom is -0.385 e. The van der Waals surface area contributed by atoms with E-state index in [1.54, 1.807) is 18.9 Å². The van der Waals surface area contributed by atoms with Gasteiger partial charge < -0.3 is 10.1 Å². The fraction of sp³-hybridized carbons (Fsp3) is 0.462. The average molecular weight is 250 g/mol. The zero-order valence-corrected chi connectivity index (χ0v) is 11.1. The highest BCUT2D eigenvalue weighted by Crippen LogP contribution is 2.23. The summed E-state index contributed by atoms with van der Waals surface area (Å²) < 4.78 is 5.08. The Morgan fingerprint density at radius 1 is 1.47 bits per heavy atom. The summed E-state index contributed by atoms with van der Waals surface area (Å²) in [5.74, 6) is 1.05. The number of ether oxygens (including phenoxy) is 1. The van der Waals surface area contributed by atoms with Gasteiger partial charge in [0.05, 0.1) is 6.04 Å². The predicted molar refractivity (Wildman–Crippen MR) is 75.0 cm³/mol. The third-order valence-corrected chi connectivity index (χ3v) is 3.79. The molecule has 0 amide bonds. The number of hydrogen-bond acceptors (Lipinski definition) is 4. The van der Waals surface area contributed by atoms with Crippen molar-refractivity contribution in [2.45, 2.75) is 19.4 Å². The second-order valence-electron chi connectivity index (χ2n) is 4.12. The van der Waals surface area contributed by atoms with Crippen LogP contribution in [-0.4, -0.2) is 30.7 Å². The van der Waals surface area contributed by atoms with E-state index in [1.807, 2.05) is 12.1 Å². The van der Waals surface area contributed by atoms with Crippen molar-refractivity contribution < 1.29 is 4.74 Å². The molecule has 1 aliphatic heterocycles. The molecule has 1 aliphatic rings. The Kier molecular flexibility index (Phi) is 4.45. The van der Waals surface area contributed by atoms with E-state index in [4.69, 9.17) is 4.74 Å². The van der Waals surface area contributed by atoms with E-state index >= 15 is 0 Å². The van der Waals surface area contributed by atoms with Gasteiger partial charge in [-0.25, -0.2) is 0 Å². The Balaban J connectivity index is 1.94. The highest BCUT2D eigenvalue weighted by molar-refractivity contribution is 8.14. The van der Waals surface area contributed by atoms with E-state index in [2.05, 4.69) is 29.4 Å². The van der Waals surface area contributed by atoms with Gasteiger partial charge in [0, 0.05) is 25.2 Å². The van der Waals surface area contributed by atoms with Gasteiger partial charge in [-0.05, 0) is 25.0 Å². The van der Waals surface area contributed by atoms with Crippen molar-refractivity contribution in [2.24, 2.45) is 4.99 Å². The SMILES string of the molecule is COCCC1CSC(Nc2ccccc2C)=N1. The third-order valence-electron chi connectivity index (χ3n) is 2.75. The molecule has 1 aromatic rings. The third kappa shape index (κ3) is 3.48. The predicted octanol–water partition coefficient (Wildman–Crippen LogP) is 2.91. The molecule has 0 aliphatic carbocycles. The number of aliphatic imine (C=N–C) groups is 1. The highest BCUT2D eigenvalue weighted by atomic mass is 32.2. The monoisotopic (exact) mass is 250 g/mol. The maximum Gasteiger partial charge on any atom is 0.161 e. The van der Waals surface area contributed by atoms with Gasteiger partial charge in [-0.3, -0.25) is 4.99 Å². The second-order valence-corrected chi connectivity index (χ2v) is 5.13. The number of nitrogens with zero attached hydrogens (tertiary/aromatic N) is 1. The molecule has 0 bridgehead atoms. The summed E-state index contributed by atoms with van der Waals surface area (Å²) in [6.45, 7) is 2.89. The Hall–Kier alpha value is -1.00. The first-order valence-electron chi connectivity index (χ1n) is 5.82. The van der Waals surface area contributed by atoms with E-state index in [1.165, 1.54) is 5.56 Å². The number of nitrogens with one attached hydrogen (secondary N) is 1. The van der Waals surface area contributed by atoms with E-state index < -0.39 is 0 Å². The van der Waals surface area contributed by atoms with Crippen molar-refractivity contribution in [1.29, 1.82) is 0 Å². The Bertz CT molecular complexity index is 406. The number of hydrogen-bond donors (Lipinski definition) is 1. The smallest absolute Gasteiger partial charge is 0.161 e. The number of rotatable bonds is 4. The zero-order valence-electron chi connectivity index (χ0n) is 10.3. The first-order valence-corrected chi connectivity index (χ1v) is 6.80. The van der Waals surface area contributed by atoms with Crippen molar-refractivity contribution in [2.75, 3.05) is 24.8 Å². The Labute approximate surface area is 107 Å². The number of thioether (sulfide) groups is 1. The molecule has 0 spiro atoms. The largest absolute Gasteiger partial charge is 0.385 e. The molecule has 1 heterocycles. The summed E-state index contributed by atoms with van der Waals surface area (Å²) in [6.07, 6.45) is 1.00. The van der Waals surface area contributed by atoms with E-state index in [-0.39, 0.29) is 0 Å². The van der Waals surface area contributed by atoms with Crippen LogP contribution in [0.1, 0.15) is 12.0 Å². The number of methoxy groups -OCH3 is 1. The van der Waals surface area contributed by atoms with E-state index in [0.717, 1.165) is 29.6 Å². The van der Waals surface area contributed by atoms with Gasteiger partial charge in [-0.2, -0.15) is 0 Å². The van der Waals surface area contributed by atoms with Gasteiger partial charge in [0.2, 0.25) is 0 Å². The second kappa shape index (κ2) is 6.07. The minimum absolute atomic E-state index is 0.395. The van der Waals surface area contributed by atoms with Gasteiger partial charge in [0.15, 0.2) is 5.17 Å². The molecule has 1 aromatic carbocycles. The average Bonchev–Trinajstić information content (AvgIpc) is 2.77. The summed E-state index contributed by atoms with van der Waals surface area (Å²) >= 11 is 1.79. The molecule has 92 valence electrons. The van der Waals surface area contributed by atoms with Crippen molar-refractivity contribution in [3.8, 4) is 0 Å². The van der Waals surface area contributed by atoms with Crippen LogP contribution < -0.4 is 5.32 Å². The van der Waals surface area contributed by atoms with Crippen molar-refractivity contribution in [3.05, 3.63) is 29.8 Å². The summed E-state index contributed by atoms with van der Waals surface area (Å²) in [5.41, 5.74) is 2.39. The number of aryl methyl sites for hydroxylation is 1. The van der Waals surface area contributed by atoms with Gasteiger partial charge in [-0.15, -0.1) is 0 Å². The summed E-state index contributed by atoms with van der Waals surface area (Å²) in [7, 11) is 1.73. The normalized spacial score (nSPS) is 19.2. The number of benzene rings is 1. The topological polar surface area (TPSA) is 33.6 Å². The summed E-state index contributed by atoms with van der Waals surface area (Å²) in [4.78, 5) is 4.65. The van der Waals surface area contributed by atoms with Crippen LogP contribution in [0.2, 0.25) is 0 Å². The molecule has 17 heavy (non-hydrogen) atoms. The maximum atomic E-state index is 5.08. The first kappa shape index (κ1) is 12.5. The van der Waals surface area contributed by atoms with Crippen LogP contribution in [0.5, 0.6) is 0 Å². The standard InChI is InChI=1S/C13H18N2OS/c1-10-5-3-4-6-12(10)15-13-14-11(9-17-13)7-8-16-2/h3-6,11H,7-9H2,1-2H3,(H,14,15). The van der Waals surface area contributed by atoms with Crippen molar-refractivity contribution in [3.63, 3.8) is 0 Å². The van der Waals surface area contributed by atoms with Crippen LogP contribution in [0.25, 0.3) is 0 Å². The lowest BCUT2D eigenvalue weighted by Crippen LogP contribution is -2.08. The Morgan fingerprint density at radius 3 is 3.06 bits per heavy atom. The Morgan fingerprint density at radius 2 is 2.29 bits per heavy atom. The fourth-order valence-corrected chi connectivity index (χ4v) is 2.71. The van der Waals surface area contributed by atoms with Crippen LogP contribution >= 0.6 is 11.8 Å². The molecule has 1 atom stereocenters. The lowest BCUT2D eigenvalue weighted by Gasteiger charge is -2.07. The molecule has 1 N–H and O–H groups in total. The molecule has 0 fully saturated rings. The van der Waals surface area contributed by atoms with Crippen molar-refractivity contribution >= 4 is 22.6 Å². The maximum absolute atomic E-state index is 5.08. The number of anilines is 1. The van der Waals surface area contributed by atoms with E-state index in [9.17, 15) is 0 Å². The molecule has 0 radical (unpaired) electrons. The molecule has 0 aromatic heterocycles. The van der Waals surface area contributed by atoms with Gasteiger partial charge in [0.25, 0.3) is 0 Å². The highest BCUT2D eigenvalue weighted by Gasteiger charge is 2.18. The number of para-hydroxylation sites is 1. The van der Waals surface area contributed by atoms with Crippen LogP contribution in [0.3, 0.4) is 0 Å². The minimum atomic E-state index is 0.395. The fourth-order valence-electron chi connectivity index (χ4n) is 1.71. The van der Waals surface area contributed by atoms with Gasteiger partial charge in [-0.1, -0.05) is 30.0 Å². The van der Waals surface area contributed by atoms with E-state index in [0.29, 0.717) is 6.04 Å². The first-order chi connectivity index (χ1) is 8.29. The molecule has 0 saturated carbocycles. The quantitative estimate of drug-likeness (QED) is 0.892. The van der Waals surface area contributed by atoms with Crippen molar-refractivity contribution in [1.82, 2.24) is 0 Å². The molecule has 4 heteroatoms. The molecular weight excluding hydrogens is 232 g/mol. The van der Waals surface area contributed by atoms with Crippen LogP contribution in [0.15, 0.2) is 29.3 Å².